The number of nitrogens with one attached hydrogen (secondary N) is 10. The van der Waals surface area contributed by atoms with Crippen LogP contribution in [0.3, 0.4) is 0 Å². The molecule has 2 aromatic carbocycles. The van der Waals surface area contributed by atoms with E-state index in [1.165, 1.54) is 17.8 Å². The van der Waals surface area contributed by atoms with E-state index in [1.54, 1.807) is 59.5 Å². The van der Waals surface area contributed by atoms with Gasteiger partial charge in [-0.2, -0.15) is 5.10 Å². The van der Waals surface area contributed by atoms with Crippen molar-refractivity contribution in [1.29, 1.82) is 0 Å². The lowest BCUT2D eigenvalue weighted by molar-refractivity contribution is -0.129. The van der Waals surface area contributed by atoms with Crippen molar-refractivity contribution in [2.24, 2.45) is 7.05 Å². The molecule has 6 fully saturated rings. The van der Waals surface area contributed by atoms with Crippen LogP contribution in [-0.2, 0) is 47.5 Å². The van der Waals surface area contributed by atoms with Crippen LogP contribution >= 0.6 is 0 Å². The summed E-state index contributed by atoms with van der Waals surface area (Å²) in [5.41, 5.74) is 10.8. The summed E-state index contributed by atoms with van der Waals surface area (Å²) in [6.45, 7) is 44.5. The number of allylic oxidation sites excluding steroid dienone is 3. The minimum absolute atomic E-state index is 0.0352. The maximum absolute atomic E-state index is 15.4. The Bertz CT molecular complexity index is 5670. The van der Waals surface area contributed by atoms with Gasteiger partial charge in [0.05, 0.1) is 78.2 Å². The van der Waals surface area contributed by atoms with Crippen LogP contribution in [0.5, 0.6) is 0 Å². The number of rotatable bonds is 23. The van der Waals surface area contributed by atoms with Gasteiger partial charge in [0.25, 0.3) is 23.6 Å². The number of fused-ring (bicyclic) bond motifs is 4. The molecule has 0 saturated carbocycles. The predicted molar refractivity (Wildman–Crippen MR) is 492 cm³/mol. The van der Waals surface area contributed by atoms with Gasteiger partial charge in [0, 0.05) is 205 Å². The summed E-state index contributed by atoms with van der Waals surface area (Å²) in [6.07, 6.45) is 18.9. The number of H-pyrrole nitrogens is 1. The van der Waals surface area contributed by atoms with Crippen molar-refractivity contribution >= 4 is 87.2 Å². The monoisotopic (exact) mass is 1760 g/mol. The van der Waals surface area contributed by atoms with Gasteiger partial charge in [-0.3, -0.25) is 28.7 Å². The van der Waals surface area contributed by atoms with E-state index in [2.05, 4.69) is 161 Å². The van der Waals surface area contributed by atoms with Crippen molar-refractivity contribution in [3.8, 4) is 22.6 Å². The Hall–Kier alpha value is -13.6. The fraction of sp³-hybridized carbons (Fsp3) is 0.394. The predicted octanol–water partition coefficient (Wildman–Crippen LogP) is 12.2. The van der Waals surface area contributed by atoms with E-state index in [9.17, 15) is 24.0 Å². The number of piperidine rings is 4. The van der Waals surface area contributed by atoms with E-state index in [4.69, 9.17) is 14.5 Å². The lowest BCUT2D eigenvalue weighted by Gasteiger charge is -2.39. The fourth-order valence-corrected chi connectivity index (χ4v) is 18.1. The average Bonchev–Trinajstić information content (AvgIpc) is 1.64. The number of carbonyl (C=O) groups excluding carboxylic acids is 5. The maximum Gasteiger partial charge on any atom is 0.255 e. The number of benzene rings is 2. The van der Waals surface area contributed by atoms with Gasteiger partial charge in [-0.05, 0) is 151 Å². The van der Waals surface area contributed by atoms with Crippen molar-refractivity contribution in [3.05, 3.63) is 228 Å². The van der Waals surface area contributed by atoms with E-state index in [1.807, 2.05) is 57.0 Å². The number of hydrogen-bond donors (Lipinski definition) is 10. The Morgan fingerprint density at radius 2 is 1.15 bits per heavy atom. The molecule has 678 valence electrons. The number of likely N-dealkylation sites (tertiary alicyclic amines) is 4. The Balaban J connectivity index is 0.000000133. The van der Waals surface area contributed by atoms with Gasteiger partial charge in [-0.15, -0.1) is 0 Å². The summed E-state index contributed by atoms with van der Waals surface area (Å²) >= 11 is 0. The highest BCUT2D eigenvalue weighted by Gasteiger charge is 2.39. The number of nitrogens with zero attached hydrogens (tertiary/aromatic N) is 14. The summed E-state index contributed by atoms with van der Waals surface area (Å²) in [4.78, 5) is 102. The molecule has 10 aliphatic heterocycles. The van der Waals surface area contributed by atoms with Crippen LogP contribution in [-0.4, -0.2) is 224 Å². The van der Waals surface area contributed by atoms with Crippen molar-refractivity contribution in [3.63, 3.8) is 0 Å². The average molecular weight is 1770 g/mol. The quantitative estimate of drug-likeness (QED) is 0.0162. The molecule has 35 heteroatoms. The first-order chi connectivity index (χ1) is 62.3. The zero-order valence-corrected chi connectivity index (χ0v) is 73.6. The summed E-state index contributed by atoms with van der Waals surface area (Å²) in [5.74, 6) is -0.824. The minimum Gasteiger partial charge on any atom is -0.378 e. The molecular weight excluding hydrogens is 1650 g/mol. The number of aromatic amines is 1. The van der Waals surface area contributed by atoms with E-state index in [0.717, 1.165) is 150 Å². The van der Waals surface area contributed by atoms with Crippen LogP contribution in [0.4, 0.5) is 75.2 Å². The molecule has 10 aliphatic rings. The third-order valence-electron chi connectivity index (χ3n) is 25.3. The van der Waals surface area contributed by atoms with Crippen LogP contribution < -0.4 is 62.6 Å². The zero-order valence-electron chi connectivity index (χ0n) is 73.6. The molecule has 31 nitrogen and oxygen atoms in total. The molecule has 0 aliphatic carbocycles. The molecule has 0 spiro atoms. The van der Waals surface area contributed by atoms with Gasteiger partial charge in [-0.25, -0.2) is 42.5 Å². The lowest BCUT2D eigenvalue weighted by atomic mass is 9.96. The number of aromatic nitrogens is 8. The van der Waals surface area contributed by atoms with Gasteiger partial charge in [0.1, 0.15) is 34.8 Å². The maximum atomic E-state index is 15.4. The third-order valence-corrected chi connectivity index (χ3v) is 25.3. The third kappa shape index (κ3) is 19.8. The molecule has 8 aromatic rings. The molecule has 6 saturated heterocycles. The summed E-state index contributed by atoms with van der Waals surface area (Å²) in [5, 5.41) is 31.4. The molecule has 129 heavy (non-hydrogen) atoms. The van der Waals surface area contributed by atoms with Crippen LogP contribution in [0, 0.1) is 30.2 Å². The SMILES string of the molecule is C=CC(=C)N1CCC[C@@H](N(C)c2nc(-c3cnc(C)[nH]3)c3c(c2F)CNC3=O)C1.C=CC(=C)N1CCC[C@@H](Nc2cc3c(c(Nc4ccc(N5CCOCC5)cc4)n2)C(=O)NC3)C1.C=CC(=C)N1CCC[C@@H](Nc2nc(Nc3ccc(N4CCOC[C@@H]4C)cc3F)c3c(c2F)CNC3=O)C1.C=CC(=O)N1CCC[C@H](Nc2nc(-c3cnn(C)c3)c3c(c2F)CNC3=O)[C@@H]1C. The smallest absolute Gasteiger partial charge is 0.255 e. The normalized spacial score (nSPS) is 20.2. The number of carbonyl (C=O) groups is 5. The van der Waals surface area contributed by atoms with Gasteiger partial charge in [0.2, 0.25) is 5.91 Å². The molecule has 6 atom stereocenters. The Morgan fingerprint density at radius 3 is 1.77 bits per heavy atom. The number of morpholine rings is 2. The second-order valence-electron chi connectivity index (χ2n) is 33.7. The largest absolute Gasteiger partial charge is 0.378 e. The van der Waals surface area contributed by atoms with Crippen molar-refractivity contribution in [1.82, 2.24) is 80.6 Å². The van der Waals surface area contributed by atoms with Crippen molar-refractivity contribution < 1.29 is 51.0 Å². The number of pyridine rings is 4. The number of anilines is 10. The molecule has 16 heterocycles. The molecule has 10 N–H and O–H groups in total. The number of imidazole rings is 1. The number of aryl methyl sites for hydroxylation is 2. The van der Waals surface area contributed by atoms with Crippen LogP contribution in [0.1, 0.15) is 135 Å². The van der Waals surface area contributed by atoms with E-state index in [-0.39, 0.29) is 131 Å². The lowest BCUT2D eigenvalue weighted by Crippen LogP contribution is -2.51. The van der Waals surface area contributed by atoms with E-state index >= 15 is 17.6 Å². The number of likely N-dealkylation sites (N-methyl/N-ethyl adjacent to an activating group) is 1. The summed E-state index contributed by atoms with van der Waals surface area (Å²) in [7, 11) is 3.62. The first-order valence-corrected chi connectivity index (χ1v) is 43.9. The molecular formula is C94H112F4N24O7. The first kappa shape index (κ1) is 90.2. The number of hydrogen-bond acceptors (Lipinski definition) is 24. The van der Waals surface area contributed by atoms with Crippen molar-refractivity contribution in [2.45, 2.75) is 135 Å². The van der Waals surface area contributed by atoms with Crippen molar-refractivity contribution in [2.75, 3.05) is 140 Å². The molecule has 18 rings (SSSR count). The molecule has 0 unspecified atom stereocenters. The van der Waals surface area contributed by atoms with Gasteiger partial charge < -0.3 is 96.6 Å². The van der Waals surface area contributed by atoms with Gasteiger partial charge >= 0.3 is 0 Å². The topological polar surface area (TPSA) is 333 Å². The van der Waals surface area contributed by atoms with Gasteiger partial charge in [-0.1, -0.05) is 46.1 Å². The molecule has 0 radical (unpaired) electrons. The van der Waals surface area contributed by atoms with Crippen LogP contribution in [0.25, 0.3) is 22.6 Å². The Labute approximate surface area is 747 Å². The second-order valence-corrected chi connectivity index (χ2v) is 33.7. The summed E-state index contributed by atoms with van der Waals surface area (Å²) in [6, 6.07) is 15.2. The summed E-state index contributed by atoms with van der Waals surface area (Å²) < 4.78 is 73.8. The molecule has 6 aromatic heterocycles. The number of halogens is 4. The van der Waals surface area contributed by atoms with E-state index in [0.29, 0.717) is 90.4 Å². The highest BCUT2D eigenvalue weighted by molar-refractivity contribution is 6.06. The fourth-order valence-electron chi connectivity index (χ4n) is 18.1. The van der Waals surface area contributed by atoms with E-state index < -0.39 is 29.2 Å². The minimum atomic E-state index is -0.573. The molecule has 5 amide bonds. The van der Waals surface area contributed by atoms with Crippen LogP contribution in [0.2, 0.25) is 0 Å². The Morgan fingerprint density at radius 1 is 0.574 bits per heavy atom. The number of amides is 5. The number of ether oxygens (including phenoxy) is 2. The van der Waals surface area contributed by atoms with Gasteiger partial charge in [0.15, 0.2) is 34.9 Å². The second kappa shape index (κ2) is 39.8. The first-order valence-electron chi connectivity index (χ1n) is 43.9. The van der Waals surface area contributed by atoms with Crippen LogP contribution in [0.15, 0.2) is 155 Å². The Kier molecular flexibility index (Phi) is 27.8. The highest BCUT2D eigenvalue weighted by atomic mass is 19.1. The highest BCUT2D eigenvalue weighted by Crippen LogP contribution is 2.40. The standard InChI is InChI=1S/C27H32F2N6O2.C26H32N6O2.C21H25FN6O.C20H23FN6O2/c1-4-16(2)34-9-5-6-18(14-34)31-26-24(29)20-13-30-27(36)23(20)25(33-26)32-22-8-7-19(12-21(22)28)35-10-11-37-15-17(35)3;1-3-18(2)32-10-4-5-21(17-32)28-23-15-19-16-27-26(33)24(19)25(30-23)29-20-6-8-22(9-7-20)31-11-13-34-14-12-31;1-5-12(2)28-8-6-7-14(11-28)27(4)20-18(22)15-9-24-21(29)17(15)19(26-20)16-10-23-13(3)25-16;1-4-15(28)27-7-5-6-14(11(27)2)24-19-17(21)13-9-22-20(29)16(13)18(25-19)12-8-23-26(3)10-12/h4,7-8,12,17-18H,1-2,5-6,9-11,13-15H2,3H3,(H,30,36)(H2,31,32,33);3,6-9,15,21H,1-2,4-5,10-14,16-17H2,(H,27,33)(H2,28,29,30);5,10,14H,1-2,6-9,11H2,3-4H3,(H,23,25)(H,24,29);4,8,10-11,14H,1,5-7,9H2,2-3H3,(H,22,29)(H,24,25)/t17-,18+;21-;14-;11-,14-/m0110/s1. The zero-order chi connectivity index (χ0) is 91.0. The molecule has 0 bridgehead atoms.